The van der Waals surface area contributed by atoms with Gasteiger partial charge in [0.2, 0.25) is 0 Å². The standard InChI is InChI=1S/C59H73NO13S/c1-5-51(61)67-29-7-9-31-69-56(63)42-19-11-38(12-20-42)40-15-23-44(24-16-40)58(65)72-47-27-28-48(54-53(47)60-55(74-54)50-35-46-37(4)33-36(3)34-49(46)71-50)73-59(66)45-25-17-41(18-26-45)39-13-21-43(22-14-39)57(64)70-32-10-8-30-68-52(62)6-2/h5-6,27-28,33-35,38-45H,1-2,7-26,29-32H2,3-4H3. The smallest absolute Gasteiger partial charge is 0.330 e. The van der Waals surface area contributed by atoms with E-state index in [0.717, 1.165) is 137 Å². The number of rotatable bonds is 21. The summed E-state index contributed by atoms with van der Waals surface area (Å²) in [5.74, 6) is 0.875. The van der Waals surface area contributed by atoms with E-state index in [0.29, 0.717) is 95.1 Å². The molecule has 0 spiro atoms. The minimum absolute atomic E-state index is 0.0907. The summed E-state index contributed by atoms with van der Waals surface area (Å²) in [5, 5.41) is 1.58. The topological polar surface area (TPSA) is 184 Å². The van der Waals surface area contributed by atoms with Gasteiger partial charge in [0, 0.05) is 17.5 Å². The van der Waals surface area contributed by atoms with Crippen molar-refractivity contribution in [2.45, 2.75) is 142 Å². The van der Waals surface area contributed by atoms with Crippen LogP contribution >= 0.6 is 11.3 Å². The van der Waals surface area contributed by atoms with E-state index in [1.807, 2.05) is 19.1 Å². The van der Waals surface area contributed by atoms with Gasteiger partial charge < -0.3 is 32.8 Å². The Morgan fingerprint density at radius 3 is 1.41 bits per heavy atom. The Bertz CT molecular complexity index is 2500. The fourth-order valence-electron chi connectivity index (χ4n) is 12.0. The number of benzene rings is 2. The SMILES string of the molecule is C=CC(=O)OCCCCOC(=O)C1CCC(C2CCC(C(=O)Oc3ccc(OC(=O)C4CCC(C5CCC(C(=O)OCCCCOC(=O)C=C)CC5)CC4)c4sc(-c5cc6c(C)cc(C)cc6o5)nc34)CC2)CC1. The fourth-order valence-corrected chi connectivity index (χ4v) is 12.9. The zero-order chi connectivity index (χ0) is 52.1. The van der Waals surface area contributed by atoms with Gasteiger partial charge in [-0.05, 0) is 201 Å². The van der Waals surface area contributed by atoms with E-state index in [-0.39, 0.29) is 60.8 Å². The highest BCUT2D eigenvalue weighted by Gasteiger charge is 2.38. The highest BCUT2D eigenvalue weighted by molar-refractivity contribution is 7.22. The first-order valence-corrected chi connectivity index (χ1v) is 28.0. The minimum atomic E-state index is -0.453. The zero-order valence-electron chi connectivity index (χ0n) is 43.2. The first-order valence-electron chi connectivity index (χ1n) is 27.2. The maximum absolute atomic E-state index is 14.0. The Kier molecular flexibility index (Phi) is 19.2. The molecule has 4 saturated carbocycles. The molecule has 2 aromatic carbocycles. The summed E-state index contributed by atoms with van der Waals surface area (Å²) in [6.07, 6.45) is 18.5. The van der Waals surface area contributed by atoms with Crippen molar-refractivity contribution in [1.82, 2.24) is 4.98 Å². The highest BCUT2D eigenvalue weighted by atomic mass is 32.1. The van der Waals surface area contributed by atoms with E-state index in [9.17, 15) is 28.8 Å². The van der Waals surface area contributed by atoms with E-state index in [4.69, 9.17) is 37.8 Å². The van der Waals surface area contributed by atoms with Crippen LogP contribution < -0.4 is 9.47 Å². The van der Waals surface area contributed by atoms with E-state index in [2.05, 4.69) is 26.1 Å². The third-order valence-corrected chi connectivity index (χ3v) is 17.3. The molecule has 14 nitrogen and oxygen atoms in total. The van der Waals surface area contributed by atoms with Gasteiger partial charge in [-0.25, -0.2) is 14.6 Å². The van der Waals surface area contributed by atoms with Gasteiger partial charge in [0.15, 0.2) is 22.3 Å². The maximum Gasteiger partial charge on any atom is 0.330 e. The third kappa shape index (κ3) is 14.1. The molecule has 74 heavy (non-hydrogen) atoms. The second-order valence-corrected chi connectivity index (χ2v) is 22.1. The minimum Gasteiger partial charge on any atom is -0.465 e. The molecule has 0 unspecified atom stereocenters. The molecule has 15 heteroatoms. The van der Waals surface area contributed by atoms with E-state index in [1.165, 1.54) is 11.3 Å². The van der Waals surface area contributed by atoms with Crippen LogP contribution in [0.25, 0.3) is 32.0 Å². The molecule has 0 bridgehead atoms. The molecule has 4 aliphatic rings. The number of thiazole rings is 1. The number of furan rings is 1. The Labute approximate surface area is 438 Å². The molecule has 0 aliphatic heterocycles. The maximum atomic E-state index is 14.0. The summed E-state index contributed by atoms with van der Waals surface area (Å²) in [7, 11) is 0. The normalized spacial score (nSPS) is 24.1. The number of esters is 6. The van der Waals surface area contributed by atoms with Gasteiger partial charge in [-0.2, -0.15) is 0 Å². The molecule has 4 aliphatic carbocycles. The number of carbonyl (C=O) groups is 6. The molecular formula is C59H73NO13S. The number of fused-ring (bicyclic) bond motifs is 2. The number of hydrogen-bond acceptors (Lipinski definition) is 15. The molecule has 2 aromatic heterocycles. The van der Waals surface area contributed by atoms with E-state index in [1.54, 1.807) is 12.1 Å². The summed E-state index contributed by atoms with van der Waals surface area (Å²) in [4.78, 5) is 80.9. The lowest BCUT2D eigenvalue weighted by molar-refractivity contribution is -0.151. The number of aromatic nitrogens is 1. The summed E-state index contributed by atoms with van der Waals surface area (Å²) in [5.41, 5.74) is 3.39. The second kappa shape index (κ2) is 26.1. The van der Waals surface area contributed by atoms with Gasteiger partial charge >= 0.3 is 35.8 Å². The zero-order valence-corrected chi connectivity index (χ0v) is 44.0. The lowest BCUT2D eigenvalue weighted by atomic mass is 9.69. The van der Waals surface area contributed by atoms with Crippen molar-refractivity contribution in [2.24, 2.45) is 47.3 Å². The number of nitrogens with zero attached hydrogens (tertiary/aromatic N) is 1. The number of carbonyl (C=O) groups excluding carboxylic acids is 6. The molecule has 398 valence electrons. The van der Waals surface area contributed by atoms with Crippen molar-refractivity contribution in [3.63, 3.8) is 0 Å². The monoisotopic (exact) mass is 1040 g/mol. The number of unbranched alkanes of at least 4 members (excludes halogenated alkanes) is 2. The summed E-state index contributed by atoms with van der Waals surface area (Å²) >= 11 is 1.35. The predicted octanol–water partition coefficient (Wildman–Crippen LogP) is 12.5. The average Bonchev–Trinajstić information content (AvgIpc) is 4.07. The fraction of sp³-hybridized carbons (Fsp3) is 0.576. The van der Waals surface area contributed by atoms with Gasteiger partial charge in [-0.3, -0.25) is 19.2 Å². The van der Waals surface area contributed by atoms with E-state index < -0.39 is 11.9 Å². The highest BCUT2D eigenvalue weighted by Crippen LogP contribution is 2.46. The van der Waals surface area contributed by atoms with Crippen LogP contribution in [0.1, 0.15) is 140 Å². The van der Waals surface area contributed by atoms with Crippen LogP contribution in [0, 0.1) is 61.2 Å². The largest absolute Gasteiger partial charge is 0.465 e. The molecule has 0 amide bonds. The van der Waals surface area contributed by atoms with Crippen LogP contribution in [-0.2, 0) is 47.7 Å². The van der Waals surface area contributed by atoms with Gasteiger partial charge in [0.1, 0.15) is 15.8 Å². The number of aryl methyl sites for hydroxylation is 2. The Balaban J connectivity index is 0.834. The molecule has 0 radical (unpaired) electrons. The number of ether oxygens (including phenoxy) is 6. The average molecular weight is 1040 g/mol. The predicted molar refractivity (Wildman–Crippen MR) is 280 cm³/mol. The van der Waals surface area contributed by atoms with Crippen LogP contribution in [0.3, 0.4) is 0 Å². The van der Waals surface area contributed by atoms with Crippen molar-refractivity contribution < 1.29 is 61.6 Å². The van der Waals surface area contributed by atoms with Crippen LogP contribution in [0.2, 0.25) is 0 Å². The first kappa shape index (κ1) is 54.4. The molecule has 2 heterocycles. The Morgan fingerprint density at radius 2 is 0.959 bits per heavy atom. The first-order chi connectivity index (χ1) is 35.9. The van der Waals surface area contributed by atoms with Crippen LogP contribution in [0.5, 0.6) is 11.5 Å². The molecular weight excluding hydrogens is 963 g/mol. The Hall–Kier alpha value is -5.83. The lowest BCUT2D eigenvalue weighted by Crippen LogP contribution is -2.31. The van der Waals surface area contributed by atoms with Gasteiger partial charge in [0.25, 0.3) is 0 Å². The van der Waals surface area contributed by atoms with Crippen LogP contribution in [0.4, 0.5) is 0 Å². The molecule has 0 atom stereocenters. The van der Waals surface area contributed by atoms with Gasteiger partial charge in [0.05, 0.1) is 50.1 Å². The van der Waals surface area contributed by atoms with Crippen molar-refractivity contribution in [1.29, 1.82) is 0 Å². The van der Waals surface area contributed by atoms with Crippen molar-refractivity contribution in [2.75, 3.05) is 26.4 Å². The second-order valence-electron chi connectivity index (χ2n) is 21.1. The quantitative estimate of drug-likeness (QED) is 0.0252. The van der Waals surface area contributed by atoms with Crippen LogP contribution in [0.15, 0.2) is 60.1 Å². The van der Waals surface area contributed by atoms with E-state index >= 15 is 0 Å². The molecule has 4 fully saturated rings. The van der Waals surface area contributed by atoms with Crippen LogP contribution in [-0.4, -0.2) is 67.2 Å². The van der Waals surface area contributed by atoms with Gasteiger partial charge in [-0.1, -0.05) is 19.2 Å². The Morgan fingerprint density at radius 1 is 0.554 bits per heavy atom. The molecule has 0 N–H and O–H groups in total. The molecule has 4 aromatic rings. The van der Waals surface area contributed by atoms with Crippen molar-refractivity contribution in [3.05, 3.63) is 66.8 Å². The summed E-state index contributed by atoms with van der Waals surface area (Å²) in [6.45, 7) is 12.0. The van der Waals surface area contributed by atoms with Gasteiger partial charge in [-0.15, -0.1) is 11.3 Å². The lowest BCUT2D eigenvalue weighted by Gasteiger charge is -2.36. The van der Waals surface area contributed by atoms with Crippen molar-refractivity contribution in [3.8, 4) is 22.3 Å². The summed E-state index contributed by atoms with van der Waals surface area (Å²) in [6, 6.07) is 9.52. The molecule has 0 saturated heterocycles. The van der Waals surface area contributed by atoms with Crippen molar-refractivity contribution >= 4 is 68.3 Å². The molecule has 8 rings (SSSR count). The third-order valence-electron chi connectivity index (χ3n) is 16.2. The summed E-state index contributed by atoms with van der Waals surface area (Å²) < 4.78 is 40.5. The number of hydrogen-bond donors (Lipinski definition) is 0.